The fourth-order valence-electron chi connectivity index (χ4n) is 1.82. The number of anilines is 3. The summed E-state index contributed by atoms with van der Waals surface area (Å²) in [4.78, 5) is 4.33. The van der Waals surface area contributed by atoms with Gasteiger partial charge < -0.3 is 20.2 Å². The smallest absolute Gasteiger partial charge is 0.300 e. The maximum absolute atomic E-state index is 5.70. The van der Waals surface area contributed by atoms with E-state index in [1.807, 2.05) is 24.3 Å². The van der Waals surface area contributed by atoms with Crippen molar-refractivity contribution in [2.75, 3.05) is 18.2 Å². The second kappa shape index (κ2) is 4.53. The van der Waals surface area contributed by atoms with Gasteiger partial charge in [-0.15, -0.1) is 0 Å². The van der Waals surface area contributed by atoms with Gasteiger partial charge in [-0.1, -0.05) is 6.07 Å². The Bertz CT molecular complexity index is 722. The molecule has 19 heavy (non-hydrogen) atoms. The van der Waals surface area contributed by atoms with Crippen LogP contribution in [0.1, 0.15) is 0 Å². The molecule has 0 aliphatic carbocycles. The van der Waals surface area contributed by atoms with Crippen molar-refractivity contribution in [2.45, 2.75) is 0 Å². The first kappa shape index (κ1) is 11.4. The molecule has 0 bridgehead atoms. The number of ether oxygens (including phenoxy) is 1. The lowest BCUT2D eigenvalue weighted by molar-refractivity contribution is 0.415. The van der Waals surface area contributed by atoms with Crippen LogP contribution in [0, 0.1) is 0 Å². The Kier molecular flexibility index (Phi) is 2.72. The Morgan fingerprint density at radius 3 is 2.95 bits per heavy atom. The van der Waals surface area contributed by atoms with Crippen LogP contribution in [0.3, 0.4) is 0 Å². The third kappa shape index (κ3) is 2.30. The Hall–Kier alpha value is -2.69. The molecule has 3 N–H and O–H groups in total. The number of hydrogen-bond donors (Lipinski definition) is 2. The molecule has 96 valence electrons. The second-order valence-electron chi connectivity index (χ2n) is 4.10. The van der Waals surface area contributed by atoms with E-state index < -0.39 is 0 Å². The van der Waals surface area contributed by atoms with Gasteiger partial charge in [-0.25, -0.2) is 0 Å². The van der Waals surface area contributed by atoms with Crippen LogP contribution in [0.25, 0.3) is 11.1 Å². The van der Waals surface area contributed by atoms with Crippen LogP contribution < -0.4 is 15.8 Å². The maximum Gasteiger partial charge on any atom is 0.300 e. The molecule has 0 unspecified atom stereocenters. The number of nitrogens with zero attached hydrogens (tertiary/aromatic N) is 1. The minimum absolute atomic E-state index is 0.425. The Balaban J connectivity index is 1.92. The van der Waals surface area contributed by atoms with Gasteiger partial charge in [-0.05, 0) is 30.3 Å². The van der Waals surface area contributed by atoms with Crippen molar-refractivity contribution in [1.29, 1.82) is 0 Å². The molecule has 0 amide bonds. The Morgan fingerprint density at radius 2 is 2.11 bits per heavy atom. The fourth-order valence-corrected chi connectivity index (χ4v) is 1.82. The highest BCUT2D eigenvalue weighted by Gasteiger charge is 2.06. The number of methoxy groups -OCH3 is 1. The molecule has 0 saturated heterocycles. The fraction of sp³-hybridized carbons (Fsp3) is 0.0714. The van der Waals surface area contributed by atoms with E-state index in [9.17, 15) is 0 Å². The summed E-state index contributed by atoms with van der Waals surface area (Å²) >= 11 is 0. The van der Waals surface area contributed by atoms with Gasteiger partial charge in [0.25, 0.3) is 6.01 Å². The first-order chi connectivity index (χ1) is 9.24. The molecule has 5 heteroatoms. The molecular weight excluding hydrogens is 242 g/mol. The van der Waals surface area contributed by atoms with Gasteiger partial charge in [0, 0.05) is 17.4 Å². The molecule has 5 nitrogen and oxygen atoms in total. The van der Waals surface area contributed by atoms with Gasteiger partial charge in [0.05, 0.1) is 7.11 Å². The molecule has 0 saturated carbocycles. The zero-order chi connectivity index (χ0) is 13.2. The van der Waals surface area contributed by atoms with Crippen LogP contribution in [0.15, 0.2) is 46.9 Å². The van der Waals surface area contributed by atoms with Crippen LogP contribution in [0.2, 0.25) is 0 Å². The lowest BCUT2D eigenvalue weighted by Gasteiger charge is -2.03. The average molecular weight is 255 g/mol. The molecular formula is C14H13N3O2. The van der Waals surface area contributed by atoms with Crippen molar-refractivity contribution < 1.29 is 9.15 Å². The molecule has 0 atom stereocenters. The maximum atomic E-state index is 5.70. The van der Waals surface area contributed by atoms with Crippen LogP contribution in [0.4, 0.5) is 17.4 Å². The van der Waals surface area contributed by atoms with Gasteiger partial charge >= 0.3 is 0 Å². The number of nitrogen functional groups attached to an aromatic ring is 1. The molecule has 0 spiro atoms. The normalized spacial score (nSPS) is 10.6. The van der Waals surface area contributed by atoms with Gasteiger partial charge in [0.15, 0.2) is 5.58 Å². The Morgan fingerprint density at radius 1 is 1.21 bits per heavy atom. The summed E-state index contributed by atoms with van der Waals surface area (Å²) in [5.74, 6) is 0.769. The van der Waals surface area contributed by atoms with E-state index in [2.05, 4.69) is 10.3 Å². The summed E-state index contributed by atoms with van der Waals surface area (Å²) in [5.41, 5.74) is 8.63. The van der Waals surface area contributed by atoms with Crippen LogP contribution in [-0.4, -0.2) is 12.1 Å². The average Bonchev–Trinajstić information content (AvgIpc) is 2.80. The lowest BCUT2D eigenvalue weighted by atomic mass is 10.3. The number of oxazole rings is 1. The highest BCUT2D eigenvalue weighted by atomic mass is 16.5. The molecule has 3 aromatic rings. The topological polar surface area (TPSA) is 73.3 Å². The zero-order valence-corrected chi connectivity index (χ0v) is 10.4. The molecule has 1 heterocycles. The molecule has 1 aromatic heterocycles. The van der Waals surface area contributed by atoms with Gasteiger partial charge in [-0.2, -0.15) is 4.98 Å². The van der Waals surface area contributed by atoms with E-state index in [0.29, 0.717) is 17.3 Å². The van der Waals surface area contributed by atoms with Crippen molar-refractivity contribution >= 4 is 28.5 Å². The van der Waals surface area contributed by atoms with E-state index >= 15 is 0 Å². The van der Waals surface area contributed by atoms with Crippen molar-refractivity contribution in [2.24, 2.45) is 0 Å². The molecule has 0 aliphatic rings. The van der Waals surface area contributed by atoms with Gasteiger partial charge in [-0.3, -0.25) is 0 Å². The summed E-state index contributed by atoms with van der Waals surface area (Å²) in [6.45, 7) is 0. The molecule has 0 aliphatic heterocycles. The summed E-state index contributed by atoms with van der Waals surface area (Å²) in [6.07, 6.45) is 0. The van der Waals surface area contributed by atoms with Gasteiger partial charge in [0.2, 0.25) is 0 Å². The summed E-state index contributed by atoms with van der Waals surface area (Å²) in [5, 5.41) is 3.09. The minimum atomic E-state index is 0.425. The molecule has 2 aromatic carbocycles. The number of aromatic nitrogens is 1. The van der Waals surface area contributed by atoms with E-state index in [1.54, 1.807) is 25.3 Å². The van der Waals surface area contributed by atoms with E-state index in [-0.39, 0.29) is 0 Å². The summed E-state index contributed by atoms with van der Waals surface area (Å²) < 4.78 is 10.7. The number of nitrogens with one attached hydrogen (secondary N) is 1. The van der Waals surface area contributed by atoms with Crippen molar-refractivity contribution in [3.05, 3.63) is 42.5 Å². The highest BCUT2D eigenvalue weighted by molar-refractivity contribution is 5.78. The predicted molar refractivity (Wildman–Crippen MR) is 74.7 cm³/mol. The third-order valence-electron chi connectivity index (χ3n) is 2.73. The lowest BCUT2D eigenvalue weighted by Crippen LogP contribution is -1.91. The van der Waals surface area contributed by atoms with Gasteiger partial charge in [0.1, 0.15) is 11.3 Å². The summed E-state index contributed by atoms with van der Waals surface area (Å²) in [7, 11) is 1.63. The van der Waals surface area contributed by atoms with E-state index in [4.69, 9.17) is 14.9 Å². The quantitative estimate of drug-likeness (QED) is 0.703. The summed E-state index contributed by atoms with van der Waals surface area (Å²) in [6, 6.07) is 13.3. The SMILES string of the molecule is COc1cccc(Nc2nc3cc(N)ccc3o2)c1. The second-order valence-corrected chi connectivity index (χ2v) is 4.10. The largest absolute Gasteiger partial charge is 0.497 e. The zero-order valence-electron chi connectivity index (χ0n) is 10.4. The monoisotopic (exact) mass is 255 g/mol. The first-order valence-corrected chi connectivity index (χ1v) is 5.82. The molecule has 0 fully saturated rings. The van der Waals surface area contributed by atoms with E-state index in [0.717, 1.165) is 17.0 Å². The first-order valence-electron chi connectivity index (χ1n) is 5.82. The molecule has 3 rings (SSSR count). The highest BCUT2D eigenvalue weighted by Crippen LogP contribution is 2.25. The number of nitrogens with two attached hydrogens (primary N) is 1. The van der Waals surface area contributed by atoms with E-state index in [1.165, 1.54) is 0 Å². The number of hydrogen-bond acceptors (Lipinski definition) is 5. The Labute approximate surface area is 110 Å². The van der Waals surface area contributed by atoms with Crippen molar-refractivity contribution in [3.8, 4) is 5.75 Å². The molecule has 0 radical (unpaired) electrons. The van der Waals surface area contributed by atoms with Crippen LogP contribution in [0.5, 0.6) is 5.75 Å². The van der Waals surface area contributed by atoms with Crippen LogP contribution >= 0.6 is 0 Å². The number of fused-ring (bicyclic) bond motifs is 1. The number of benzene rings is 2. The predicted octanol–water partition coefficient (Wildman–Crippen LogP) is 3.16. The van der Waals surface area contributed by atoms with Crippen LogP contribution in [-0.2, 0) is 0 Å². The number of rotatable bonds is 3. The van der Waals surface area contributed by atoms with Crippen molar-refractivity contribution in [1.82, 2.24) is 4.98 Å². The van der Waals surface area contributed by atoms with Crippen molar-refractivity contribution in [3.63, 3.8) is 0 Å². The third-order valence-corrected chi connectivity index (χ3v) is 2.73. The minimum Gasteiger partial charge on any atom is -0.497 e. The standard InChI is InChI=1S/C14H13N3O2/c1-18-11-4-2-3-10(8-11)16-14-17-12-7-9(15)5-6-13(12)19-14/h2-8H,15H2,1H3,(H,16,17).